The zero-order valence-electron chi connectivity index (χ0n) is 11.4. The van der Waals surface area contributed by atoms with Crippen molar-refractivity contribution in [2.45, 2.75) is 18.8 Å². The molecule has 1 aromatic heterocycles. The first-order valence-corrected chi connectivity index (χ1v) is 6.69. The first kappa shape index (κ1) is 14.9. The molecule has 3 rings (SSSR count). The zero-order valence-corrected chi connectivity index (χ0v) is 12.3. The van der Waals surface area contributed by atoms with E-state index in [1.807, 2.05) is 18.2 Å². The number of pyridine rings is 1. The van der Waals surface area contributed by atoms with Gasteiger partial charge in [-0.25, -0.2) is 0 Å². The molecular weight excluding hydrogens is 276 g/mol. The van der Waals surface area contributed by atoms with Gasteiger partial charge in [-0.2, -0.15) is 0 Å². The fourth-order valence-electron chi connectivity index (χ4n) is 2.75. The SMILES string of the molecule is COc1ccc2c(=O)[nH]c(C3CCNCC3)cc2c1.Cl. The van der Waals surface area contributed by atoms with Crippen LogP contribution in [0.4, 0.5) is 0 Å². The Balaban J connectivity index is 0.00000147. The van der Waals surface area contributed by atoms with Gasteiger partial charge >= 0.3 is 0 Å². The standard InChI is InChI=1S/C15H18N2O2.ClH/c1-19-12-2-3-13-11(8-12)9-14(17-15(13)18)10-4-6-16-7-5-10;/h2-3,8-10,16H,4-7H2,1H3,(H,17,18);1H. The van der Waals surface area contributed by atoms with Crippen molar-refractivity contribution in [1.82, 2.24) is 10.3 Å². The number of ether oxygens (including phenoxy) is 1. The number of hydrogen-bond donors (Lipinski definition) is 2. The number of rotatable bonds is 2. The minimum Gasteiger partial charge on any atom is -0.497 e. The summed E-state index contributed by atoms with van der Waals surface area (Å²) in [6.45, 7) is 2.03. The van der Waals surface area contributed by atoms with Gasteiger partial charge in [-0.15, -0.1) is 12.4 Å². The number of piperidine rings is 1. The number of aromatic amines is 1. The molecule has 2 N–H and O–H groups in total. The van der Waals surface area contributed by atoms with E-state index in [2.05, 4.69) is 16.4 Å². The topological polar surface area (TPSA) is 54.1 Å². The van der Waals surface area contributed by atoms with E-state index in [0.29, 0.717) is 5.92 Å². The van der Waals surface area contributed by atoms with Crippen LogP contribution in [0.1, 0.15) is 24.5 Å². The molecule has 1 fully saturated rings. The molecule has 0 amide bonds. The van der Waals surface area contributed by atoms with Crippen LogP contribution in [0.15, 0.2) is 29.1 Å². The molecule has 0 aliphatic carbocycles. The summed E-state index contributed by atoms with van der Waals surface area (Å²) in [5.41, 5.74) is 1.04. The van der Waals surface area contributed by atoms with E-state index in [0.717, 1.165) is 48.1 Å². The summed E-state index contributed by atoms with van der Waals surface area (Å²) in [5, 5.41) is 5.02. The number of methoxy groups -OCH3 is 1. The Kier molecular flexibility index (Phi) is 4.68. The molecule has 2 heterocycles. The van der Waals surface area contributed by atoms with Crippen molar-refractivity contribution < 1.29 is 4.74 Å². The van der Waals surface area contributed by atoms with E-state index in [-0.39, 0.29) is 18.0 Å². The average molecular weight is 295 g/mol. The second kappa shape index (κ2) is 6.29. The molecule has 0 radical (unpaired) electrons. The number of nitrogens with one attached hydrogen (secondary N) is 2. The third-order valence-electron chi connectivity index (χ3n) is 3.85. The minimum atomic E-state index is -0.00585. The lowest BCUT2D eigenvalue weighted by atomic mass is 9.93. The lowest BCUT2D eigenvalue weighted by Crippen LogP contribution is -2.27. The molecule has 1 saturated heterocycles. The highest BCUT2D eigenvalue weighted by molar-refractivity contribution is 5.85. The maximum atomic E-state index is 12.1. The monoisotopic (exact) mass is 294 g/mol. The Morgan fingerprint density at radius 1 is 1.20 bits per heavy atom. The molecule has 1 aliphatic rings. The van der Waals surface area contributed by atoms with Crippen LogP contribution in [0.5, 0.6) is 5.75 Å². The first-order chi connectivity index (χ1) is 9.28. The van der Waals surface area contributed by atoms with Crippen LogP contribution in [0.2, 0.25) is 0 Å². The quantitative estimate of drug-likeness (QED) is 0.894. The highest BCUT2D eigenvalue weighted by atomic mass is 35.5. The van der Waals surface area contributed by atoms with Gasteiger partial charge in [0.05, 0.1) is 7.11 Å². The summed E-state index contributed by atoms with van der Waals surface area (Å²) < 4.78 is 5.23. The summed E-state index contributed by atoms with van der Waals surface area (Å²) >= 11 is 0. The van der Waals surface area contributed by atoms with Crippen molar-refractivity contribution in [2.24, 2.45) is 0 Å². The fraction of sp³-hybridized carbons (Fsp3) is 0.400. The predicted octanol–water partition coefficient (Wildman–Crippen LogP) is 2.43. The van der Waals surface area contributed by atoms with E-state index >= 15 is 0 Å². The van der Waals surface area contributed by atoms with E-state index in [9.17, 15) is 4.79 Å². The number of halogens is 1. The van der Waals surface area contributed by atoms with Crippen molar-refractivity contribution in [1.29, 1.82) is 0 Å². The summed E-state index contributed by atoms with van der Waals surface area (Å²) in [6.07, 6.45) is 2.15. The van der Waals surface area contributed by atoms with Crippen LogP contribution in [0.3, 0.4) is 0 Å². The molecule has 0 bridgehead atoms. The lowest BCUT2D eigenvalue weighted by Gasteiger charge is -2.22. The molecule has 2 aromatic rings. The normalized spacial score (nSPS) is 15.8. The number of H-pyrrole nitrogens is 1. The van der Waals surface area contributed by atoms with Crippen molar-refractivity contribution in [2.75, 3.05) is 20.2 Å². The van der Waals surface area contributed by atoms with Crippen LogP contribution >= 0.6 is 12.4 Å². The second-order valence-electron chi connectivity index (χ2n) is 5.03. The molecule has 20 heavy (non-hydrogen) atoms. The number of benzene rings is 1. The molecule has 0 saturated carbocycles. The molecule has 0 unspecified atom stereocenters. The Hall–Kier alpha value is -1.52. The van der Waals surface area contributed by atoms with Crippen molar-refractivity contribution >= 4 is 23.2 Å². The Bertz CT molecular complexity index is 648. The first-order valence-electron chi connectivity index (χ1n) is 6.69. The number of fused-ring (bicyclic) bond motifs is 1. The molecule has 4 nitrogen and oxygen atoms in total. The Labute approximate surface area is 123 Å². The molecule has 108 valence electrons. The Morgan fingerprint density at radius 2 is 1.95 bits per heavy atom. The van der Waals surface area contributed by atoms with Gasteiger partial charge in [-0.3, -0.25) is 4.79 Å². The van der Waals surface area contributed by atoms with Crippen LogP contribution in [-0.2, 0) is 0 Å². The minimum absolute atomic E-state index is 0. The van der Waals surface area contributed by atoms with E-state index in [1.54, 1.807) is 7.11 Å². The number of hydrogen-bond acceptors (Lipinski definition) is 3. The van der Waals surface area contributed by atoms with Crippen molar-refractivity contribution in [3.63, 3.8) is 0 Å². The molecule has 1 aromatic carbocycles. The van der Waals surface area contributed by atoms with Crippen LogP contribution in [0, 0.1) is 0 Å². The molecular formula is C15H19ClN2O2. The smallest absolute Gasteiger partial charge is 0.256 e. The molecule has 5 heteroatoms. The predicted molar refractivity (Wildman–Crippen MR) is 83.2 cm³/mol. The maximum absolute atomic E-state index is 12.1. The van der Waals surface area contributed by atoms with E-state index < -0.39 is 0 Å². The van der Waals surface area contributed by atoms with Gasteiger partial charge in [0, 0.05) is 17.0 Å². The van der Waals surface area contributed by atoms with Gasteiger partial charge in [0.15, 0.2) is 0 Å². The third kappa shape index (κ3) is 2.81. The van der Waals surface area contributed by atoms with Gasteiger partial charge in [-0.05, 0) is 55.6 Å². The van der Waals surface area contributed by atoms with Gasteiger partial charge in [0.2, 0.25) is 0 Å². The summed E-state index contributed by atoms with van der Waals surface area (Å²) in [6, 6.07) is 7.66. The van der Waals surface area contributed by atoms with Crippen LogP contribution in [0.25, 0.3) is 10.8 Å². The second-order valence-corrected chi connectivity index (χ2v) is 5.03. The lowest BCUT2D eigenvalue weighted by molar-refractivity contribution is 0.415. The molecule has 0 atom stereocenters. The van der Waals surface area contributed by atoms with E-state index in [4.69, 9.17) is 4.74 Å². The molecule has 1 aliphatic heterocycles. The van der Waals surface area contributed by atoms with Gasteiger partial charge in [0.1, 0.15) is 5.75 Å². The highest BCUT2D eigenvalue weighted by Crippen LogP contribution is 2.26. The fourth-order valence-corrected chi connectivity index (χ4v) is 2.75. The maximum Gasteiger partial charge on any atom is 0.256 e. The van der Waals surface area contributed by atoms with Crippen molar-refractivity contribution in [3.05, 3.63) is 40.3 Å². The largest absolute Gasteiger partial charge is 0.497 e. The molecule has 0 spiro atoms. The van der Waals surface area contributed by atoms with Crippen molar-refractivity contribution in [3.8, 4) is 5.75 Å². The third-order valence-corrected chi connectivity index (χ3v) is 3.85. The van der Waals surface area contributed by atoms with E-state index in [1.165, 1.54) is 0 Å². The van der Waals surface area contributed by atoms with Gasteiger partial charge < -0.3 is 15.0 Å². The van der Waals surface area contributed by atoms with Gasteiger partial charge in [0.25, 0.3) is 5.56 Å². The number of aromatic nitrogens is 1. The van der Waals surface area contributed by atoms with Crippen LogP contribution in [-0.4, -0.2) is 25.2 Å². The zero-order chi connectivity index (χ0) is 13.2. The van der Waals surface area contributed by atoms with Crippen LogP contribution < -0.4 is 15.6 Å². The highest BCUT2D eigenvalue weighted by Gasteiger charge is 2.17. The summed E-state index contributed by atoms with van der Waals surface area (Å²) in [4.78, 5) is 15.2. The summed E-state index contributed by atoms with van der Waals surface area (Å²) in [7, 11) is 1.64. The summed E-state index contributed by atoms with van der Waals surface area (Å²) in [5.74, 6) is 1.24. The Morgan fingerprint density at radius 3 is 2.65 bits per heavy atom. The van der Waals surface area contributed by atoms with Gasteiger partial charge in [-0.1, -0.05) is 0 Å². The average Bonchev–Trinajstić information content (AvgIpc) is 2.47.